The number of hydrogen-bond acceptors (Lipinski definition) is 3. The molecule has 0 bridgehead atoms. The zero-order valence-electron chi connectivity index (χ0n) is 13.1. The molecule has 3 rings (SSSR count). The predicted molar refractivity (Wildman–Crippen MR) is 92.7 cm³/mol. The van der Waals surface area contributed by atoms with Crippen molar-refractivity contribution >= 4 is 27.5 Å². The number of halogens is 1. The van der Waals surface area contributed by atoms with Crippen LogP contribution in [0.4, 0.5) is 5.69 Å². The van der Waals surface area contributed by atoms with Crippen molar-refractivity contribution in [1.29, 1.82) is 0 Å². The summed E-state index contributed by atoms with van der Waals surface area (Å²) in [7, 11) is 0. The Kier molecular flexibility index (Phi) is 4.35. The van der Waals surface area contributed by atoms with Gasteiger partial charge in [-0.25, -0.2) is 4.68 Å². The molecule has 0 fully saturated rings. The molecule has 1 aromatic heterocycles. The second kappa shape index (κ2) is 6.28. The molecule has 23 heavy (non-hydrogen) atoms. The van der Waals surface area contributed by atoms with E-state index < -0.39 is 6.04 Å². The lowest BCUT2D eigenvalue weighted by molar-refractivity contribution is -0.119. The Bertz CT molecular complexity index is 829. The van der Waals surface area contributed by atoms with Crippen LogP contribution in [0.25, 0.3) is 0 Å². The molecule has 5 nitrogen and oxygen atoms in total. The average Bonchev–Trinajstić information content (AvgIpc) is 2.95. The third-order valence-corrected chi connectivity index (χ3v) is 4.67. The summed E-state index contributed by atoms with van der Waals surface area (Å²) < 4.78 is 2.24. The molecule has 6 heteroatoms. The van der Waals surface area contributed by atoms with E-state index in [0.717, 1.165) is 46.2 Å². The number of anilines is 1. The fourth-order valence-corrected chi connectivity index (χ4v) is 3.28. The highest BCUT2D eigenvalue weighted by Gasteiger charge is 2.21. The number of hydrogen-bond donors (Lipinski definition) is 1. The lowest BCUT2D eigenvalue weighted by atomic mass is 10.2. The number of nitrogens with zero attached hydrogens (tertiary/aromatic N) is 2. The zero-order chi connectivity index (χ0) is 16.6. The van der Waals surface area contributed by atoms with Crippen molar-refractivity contribution in [2.24, 2.45) is 0 Å². The summed E-state index contributed by atoms with van der Waals surface area (Å²) in [6.45, 7) is 3.62. The maximum absolute atomic E-state index is 12.5. The highest BCUT2D eigenvalue weighted by atomic mass is 79.9. The van der Waals surface area contributed by atoms with Gasteiger partial charge in [-0.3, -0.25) is 9.59 Å². The lowest BCUT2D eigenvalue weighted by Crippen LogP contribution is -2.34. The molecule has 0 spiro atoms. The standard InChI is InChI=1S/C17H18BrN3O2/c1-10-8-13(18)6-7-14(10)19-17(23)11(2)21-16(22)9-12-4-3-5-15(12)20-21/h6-9,11H,3-5H2,1-2H3,(H,19,23). The molecule has 1 unspecified atom stereocenters. The van der Waals surface area contributed by atoms with Crippen molar-refractivity contribution in [2.45, 2.75) is 39.2 Å². The molecule has 0 aliphatic heterocycles. The molecule has 0 saturated heterocycles. The van der Waals surface area contributed by atoms with Gasteiger partial charge in [-0.1, -0.05) is 15.9 Å². The van der Waals surface area contributed by atoms with Gasteiger partial charge in [-0.05, 0) is 62.4 Å². The van der Waals surface area contributed by atoms with Crippen molar-refractivity contribution in [3.63, 3.8) is 0 Å². The maximum atomic E-state index is 12.5. The second-order valence-corrected chi connectivity index (χ2v) is 6.79. The number of aryl methyl sites for hydroxylation is 3. The number of amides is 1. The van der Waals surface area contributed by atoms with Crippen molar-refractivity contribution in [2.75, 3.05) is 5.32 Å². The Morgan fingerprint density at radius 1 is 1.35 bits per heavy atom. The number of aromatic nitrogens is 2. The maximum Gasteiger partial charge on any atom is 0.267 e. The highest BCUT2D eigenvalue weighted by molar-refractivity contribution is 9.10. The summed E-state index contributed by atoms with van der Waals surface area (Å²) in [5.41, 5.74) is 3.42. The third-order valence-electron chi connectivity index (χ3n) is 4.17. The van der Waals surface area contributed by atoms with E-state index in [4.69, 9.17) is 0 Å². The molecule has 1 heterocycles. The molecule has 1 N–H and O–H groups in total. The Morgan fingerprint density at radius 2 is 2.13 bits per heavy atom. The summed E-state index contributed by atoms with van der Waals surface area (Å²) in [4.78, 5) is 24.7. The van der Waals surface area contributed by atoms with Crippen LogP contribution in [0, 0.1) is 6.92 Å². The van der Waals surface area contributed by atoms with E-state index in [1.165, 1.54) is 4.68 Å². The number of benzene rings is 1. The highest BCUT2D eigenvalue weighted by Crippen LogP contribution is 2.21. The lowest BCUT2D eigenvalue weighted by Gasteiger charge is -2.16. The smallest absolute Gasteiger partial charge is 0.267 e. The van der Waals surface area contributed by atoms with Gasteiger partial charge in [0.2, 0.25) is 5.91 Å². The van der Waals surface area contributed by atoms with Gasteiger partial charge < -0.3 is 5.32 Å². The van der Waals surface area contributed by atoms with Gasteiger partial charge in [-0.2, -0.15) is 5.10 Å². The summed E-state index contributed by atoms with van der Waals surface area (Å²) in [6.07, 6.45) is 2.79. The first-order valence-corrected chi connectivity index (χ1v) is 8.43. The topological polar surface area (TPSA) is 64.0 Å². The first-order chi connectivity index (χ1) is 11.0. The van der Waals surface area contributed by atoms with E-state index in [0.29, 0.717) is 0 Å². The van der Waals surface area contributed by atoms with E-state index in [1.54, 1.807) is 13.0 Å². The van der Waals surface area contributed by atoms with Gasteiger partial charge in [0.1, 0.15) is 6.04 Å². The predicted octanol–water partition coefficient (Wildman–Crippen LogP) is 3.00. The monoisotopic (exact) mass is 375 g/mol. The first kappa shape index (κ1) is 15.9. The van der Waals surface area contributed by atoms with Gasteiger partial charge >= 0.3 is 0 Å². The Morgan fingerprint density at radius 3 is 2.87 bits per heavy atom. The number of fused-ring (bicyclic) bond motifs is 1. The van der Waals surface area contributed by atoms with Gasteiger partial charge in [0, 0.05) is 16.2 Å². The SMILES string of the molecule is Cc1cc(Br)ccc1NC(=O)C(C)n1nc2c(cc1=O)CCC2. The van der Waals surface area contributed by atoms with Crippen LogP contribution in [-0.2, 0) is 17.6 Å². The second-order valence-electron chi connectivity index (χ2n) is 5.88. The van der Waals surface area contributed by atoms with E-state index in [9.17, 15) is 9.59 Å². The van der Waals surface area contributed by atoms with Gasteiger partial charge in [0.15, 0.2) is 0 Å². The molecule has 2 aromatic rings. The van der Waals surface area contributed by atoms with Crippen LogP contribution in [0.2, 0.25) is 0 Å². The number of carbonyl (C=O) groups is 1. The van der Waals surface area contributed by atoms with Gasteiger partial charge in [0.05, 0.1) is 5.69 Å². The summed E-state index contributed by atoms with van der Waals surface area (Å²) in [5.74, 6) is -0.247. The molecule has 0 saturated carbocycles. The number of nitrogens with one attached hydrogen (secondary N) is 1. The zero-order valence-corrected chi connectivity index (χ0v) is 14.7. The summed E-state index contributed by atoms with van der Waals surface area (Å²) in [5, 5.41) is 7.26. The third kappa shape index (κ3) is 3.22. The van der Waals surface area contributed by atoms with Crippen molar-refractivity contribution in [3.8, 4) is 0 Å². The van der Waals surface area contributed by atoms with Crippen LogP contribution in [-0.4, -0.2) is 15.7 Å². The van der Waals surface area contributed by atoms with Crippen LogP contribution in [0.5, 0.6) is 0 Å². The van der Waals surface area contributed by atoms with Crippen LogP contribution < -0.4 is 10.9 Å². The van der Waals surface area contributed by atoms with E-state index in [2.05, 4.69) is 26.3 Å². The molecule has 1 atom stereocenters. The summed E-state index contributed by atoms with van der Waals surface area (Å²) >= 11 is 3.40. The fraction of sp³-hybridized carbons (Fsp3) is 0.353. The van der Waals surface area contributed by atoms with E-state index in [1.807, 2.05) is 25.1 Å². The van der Waals surface area contributed by atoms with Crippen molar-refractivity contribution in [3.05, 3.63) is 55.9 Å². The van der Waals surface area contributed by atoms with Crippen molar-refractivity contribution in [1.82, 2.24) is 9.78 Å². The van der Waals surface area contributed by atoms with E-state index in [-0.39, 0.29) is 11.5 Å². The Balaban J connectivity index is 1.84. The molecule has 1 aromatic carbocycles. The molecule has 120 valence electrons. The minimum atomic E-state index is -0.656. The quantitative estimate of drug-likeness (QED) is 0.896. The summed E-state index contributed by atoms with van der Waals surface area (Å²) in [6, 6.07) is 6.59. The van der Waals surface area contributed by atoms with Crippen LogP contribution in [0.3, 0.4) is 0 Å². The minimum Gasteiger partial charge on any atom is -0.324 e. The average molecular weight is 376 g/mol. The Hall–Kier alpha value is -1.95. The molecular weight excluding hydrogens is 358 g/mol. The number of carbonyl (C=O) groups excluding carboxylic acids is 1. The largest absolute Gasteiger partial charge is 0.324 e. The van der Waals surface area contributed by atoms with Crippen LogP contribution in [0.15, 0.2) is 33.5 Å². The number of rotatable bonds is 3. The minimum absolute atomic E-state index is 0.221. The Labute approximate surface area is 142 Å². The molecule has 1 aliphatic carbocycles. The van der Waals surface area contributed by atoms with Crippen LogP contribution in [0.1, 0.15) is 36.2 Å². The van der Waals surface area contributed by atoms with E-state index >= 15 is 0 Å². The fourth-order valence-electron chi connectivity index (χ4n) is 2.81. The molecule has 1 aliphatic rings. The van der Waals surface area contributed by atoms with Crippen LogP contribution >= 0.6 is 15.9 Å². The molecular formula is C17H18BrN3O2. The first-order valence-electron chi connectivity index (χ1n) is 7.64. The molecule has 0 radical (unpaired) electrons. The normalized spacial score (nSPS) is 14.4. The van der Waals surface area contributed by atoms with Gasteiger partial charge in [0.25, 0.3) is 5.56 Å². The molecule has 1 amide bonds. The van der Waals surface area contributed by atoms with Gasteiger partial charge in [-0.15, -0.1) is 0 Å². The van der Waals surface area contributed by atoms with Crippen molar-refractivity contribution < 1.29 is 4.79 Å².